The molecule has 116 valence electrons. The molecular formula is C18H20BrNO2. The van der Waals surface area contributed by atoms with Gasteiger partial charge < -0.3 is 10.1 Å². The average molecular weight is 362 g/mol. The van der Waals surface area contributed by atoms with Crippen LogP contribution in [0.3, 0.4) is 0 Å². The zero-order chi connectivity index (χ0) is 16.1. The lowest BCUT2D eigenvalue weighted by Gasteiger charge is -2.20. The Morgan fingerprint density at radius 1 is 1.09 bits per heavy atom. The molecule has 22 heavy (non-hydrogen) atoms. The van der Waals surface area contributed by atoms with Gasteiger partial charge in [-0.2, -0.15) is 0 Å². The fourth-order valence-corrected chi connectivity index (χ4v) is 2.74. The summed E-state index contributed by atoms with van der Waals surface area (Å²) in [4.78, 5) is 12.3. The van der Waals surface area contributed by atoms with Crippen LogP contribution in [0.1, 0.15) is 31.0 Å². The number of hydrogen-bond donors (Lipinski definition) is 1. The van der Waals surface area contributed by atoms with Crippen molar-refractivity contribution in [3.63, 3.8) is 0 Å². The number of ether oxygens (including phenoxy) is 1. The SMILES string of the molecule is Cc1ccc(OC(C)C(=O)NC(C)c2ccccc2Br)cc1. The number of benzene rings is 2. The van der Waals surface area contributed by atoms with E-state index in [1.807, 2.05) is 62.4 Å². The first-order valence-corrected chi connectivity index (χ1v) is 8.05. The molecular weight excluding hydrogens is 342 g/mol. The average Bonchev–Trinajstić information content (AvgIpc) is 2.49. The van der Waals surface area contributed by atoms with Crippen molar-refractivity contribution in [3.8, 4) is 5.75 Å². The lowest BCUT2D eigenvalue weighted by Crippen LogP contribution is -2.37. The van der Waals surface area contributed by atoms with E-state index < -0.39 is 6.10 Å². The van der Waals surface area contributed by atoms with Gasteiger partial charge in [0.15, 0.2) is 6.10 Å². The molecule has 3 nitrogen and oxygen atoms in total. The number of amides is 1. The van der Waals surface area contributed by atoms with Crippen LogP contribution in [0.25, 0.3) is 0 Å². The molecule has 0 spiro atoms. The molecule has 2 unspecified atom stereocenters. The van der Waals surface area contributed by atoms with Crippen LogP contribution in [-0.4, -0.2) is 12.0 Å². The standard InChI is InChI=1S/C18H20BrNO2/c1-12-8-10-15(11-9-12)22-14(3)18(21)20-13(2)16-6-4-5-7-17(16)19/h4-11,13-14H,1-3H3,(H,20,21). The minimum Gasteiger partial charge on any atom is -0.481 e. The van der Waals surface area contributed by atoms with E-state index >= 15 is 0 Å². The molecule has 0 heterocycles. The van der Waals surface area contributed by atoms with Crippen molar-refractivity contribution >= 4 is 21.8 Å². The maximum Gasteiger partial charge on any atom is 0.261 e. The molecule has 0 saturated carbocycles. The molecule has 1 amide bonds. The van der Waals surface area contributed by atoms with Crippen LogP contribution >= 0.6 is 15.9 Å². The highest BCUT2D eigenvalue weighted by atomic mass is 79.9. The summed E-state index contributed by atoms with van der Waals surface area (Å²) in [6.07, 6.45) is -0.548. The van der Waals surface area contributed by atoms with Crippen molar-refractivity contribution < 1.29 is 9.53 Å². The van der Waals surface area contributed by atoms with Gasteiger partial charge in [0, 0.05) is 4.47 Å². The predicted molar refractivity (Wildman–Crippen MR) is 92.0 cm³/mol. The summed E-state index contributed by atoms with van der Waals surface area (Å²) in [6, 6.07) is 15.4. The van der Waals surface area contributed by atoms with Gasteiger partial charge in [0.1, 0.15) is 5.75 Å². The minimum atomic E-state index is -0.548. The number of carbonyl (C=O) groups excluding carboxylic acids is 1. The number of carbonyl (C=O) groups is 1. The van der Waals surface area contributed by atoms with E-state index in [0.29, 0.717) is 5.75 Å². The van der Waals surface area contributed by atoms with Crippen molar-refractivity contribution in [1.82, 2.24) is 5.32 Å². The van der Waals surface area contributed by atoms with Gasteiger partial charge in [0.25, 0.3) is 5.91 Å². The second kappa shape index (κ2) is 7.45. The van der Waals surface area contributed by atoms with Crippen molar-refractivity contribution in [2.45, 2.75) is 32.9 Å². The first-order valence-electron chi connectivity index (χ1n) is 7.25. The molecule has 2 aromatic rings. The molecule has 2 rings (SSSR count). The fraction of sp³-hybridized carbons (Fsp3) is 0.278. The van der Waals surface area contributed by atoms with Crippen molar-refractivity contribution in [2.24, 2.45) is 0 Å². The summed E-state index contributed by atoms with van der Waals surface area (Å²) in [7, 11) is 0. The van der Waals surface area contributed by atoms with E-state index in [1.165, 1.54) is 0 Å². The molecule has 0 bridgehead atoms. The largest absolute Gasteiger partial charge is 0.481 e. The molecule has 0 radical (unpaired) electrons. The third kappa shape index (κ3) is 4.34. The zero-order valence-corrected chi connectivity index (χ0v) is 14.6. The third-order valence-corrected chi connectivity index (χ3v) is 4.16. The molecule has 2 aromatic carbocycles. The lowest BCUT2D eigenvalue weighted by atomic mass is 10.1. The lowest BCUT2D eigenvalue weighted by molar-refractivity contribution is -0.127. The van der Waals surface area contributed by atoms with Crippen LogP contribution in [0.5, 0.6) is 5.75 Å². The number of halogens is 1. The highest BCUT2D eigenvalue weighted by Crippen LogP contribution is 2.23. The van der Waals surface area contributed by atoms with Crippen LogP contribution in [-0.2, 0) is 4.79 Å². The number of nitrogens with one attached hydrogen (secondary N) is 1. The van der Waals surface area contributed by atoms with Gasteiger partial charge in [0.2, 0.25) is 0 Å². The highest BCUT2D eigenvalue weighted by molar-refractivity contribution is 9.10. The first-order chi connectivity index (χ1) is 10.5. The number of aryl methyl sites for hydroxylation is 1. The Labute approximate surface area is 139 Å². The Hall–Kier alpha value is -1.81. The Morgan fingerprint density at radius 2 is 1.73 bits per heavy atom. The van der Waals surface area contributed by atoms with Crippen LogP contribution in [0.15, 0.2) is 53.0 Å². The van der Waals surface area contributed by atoms with Crippen LogP contribution in [0, 0.1) is 6.92 Å². The summed E-state index contributed by atoms with van der Waals surface area (Å²) in [6.45, 7) is 5.72. The highest BCUT2D eigenvalue weighted by Gasteiger charge is 2.18. The Kier molecular flexibility index (Phi) is 5.61. The maximum absolute atomic E-state index is 12.3. The monoisotopic (exact) mass is 361 g/mol. The van der Waals surface area contributed by atoms with Gasteiger partial charge >= 0.3 is 0 Å². The van der Waals surface area contributed by atoms with E-state index in [0.717, 1.165) is 15.6 Å². The van der Waals surface area contributed by atoms with Gasteiger partial charge in [-0.25, -0.2) is 0 Å². The van der Waals surface area contributed by atoms with Crippen LogP contribution < -0.4 is 10.1 Å². The molecule has 0 fully saturated rings. The first kappa shape index (κ1) is 16.6. The Morgan fingerprint density at radius 3 is 2.36 bits per heavy atom. The predicted octanol–water partition coefficient (Wildman–Crippen LogP) is 4.40. The Bertz CT molecular complexity index is 640. The molecule has 0 aromatic heterocycles. The van der Waals surface area contributed by atoms with E-state index in [9.17, 15) is 4.79 Å². The topological polar surface area (TPSA) is 38.3 Å². The van der Waals surface area contributed by atoms with Gasteiger partial charge in [-0.3, -0.25) is 4.79 Å². The maximum atomic E-state index is 12.3. The second-order valence-electron chi connectivity index (χ2n) is 5.32. The summed E-state index contributed by atoms with van der Waals surface area (Å²) in [5, 5.41) is 2.97. The molecule has 0 aliphatic heterocycles. The van der Waals surface area contributed by atoms with Gasteiger partial charge in [-0.15, -0.1) is 0 Å². The molecule has 2 atom stereocenters. The fourth-order valence-electron chi connectivity index (χ4n) is 2.11. The summed E-state index contributed by atoms with van der Waals surface area (Å²) < 4.78 is 6.66. The van der Waals surface area contributed by atoms with Gasteiger partial charge in [-0.05, 0) is 44.5 Å². The zero-order valence-electron chi connectivity index (χ0n) is 13.0. The van der Waals surface area contributed by atoms with E-state index in [-0.39, 0.29) is 11.9 Å². The molecule has 0 aliphatic carbocycles. The molecule has 0 saturated heterocycles. The molecule has 4 heteroatoms. The smallest absolute Gasteiger partial charge is 0.261 e. The summed E-state index contributed by atoms with van der Waals surface area (Å²) in [5.74, 6) is 0.561. The van der Waals surface area contributed by atoms with Gasteiger partial charge in [0.05, 0.1) is 6.04 Å². The van der Waals surface area contributed by atoms with Crippen molar-refractivity contribution in [2.75, 3.05) is 0 Å². The number of rotatable bonds is 5. The summed E-state index contributed by atoms with van der Waals surface area (Å²) >= 11 is 3.50. The third-order valence-electron chi connectivity index (χ3n) is 3.43. The Balaban J connectivity index is 1.96. The molecule has 1 N–H and O–H groups in total. The number of hydrogen-bond acceptors (Lipinski definition) is 2. The summed E-state index contributed by atoms with van der Waals surface area (Å²) in [5.41, 5.74) is 2.20. The van der Waals surface area contributed by atoms with E-state index in [4.69, 9.17) is 4.74 Å². The van der Waals surface area contributed by atoms with Crippen LogP contribution in [0.4, 0.5) is 0 Å². The van der Waals surface area contributed by atoms with Gasteiger partial charge in [-0.1, -0.05) is 51.8 Å². The van der Waals surface area contributed by atoms with Crippen molar-refractivity contribution in [1.29, 1.82) is 0 Å². The molecule has 0 aliphatic rings. The van der Waals surface area contributed by atoms with Crippen molar-refractivity contribution in [3.05, 3.63) is 64.1 Å². The quantitative estimate of drug-likeness (QED) is 0.856. The van der Waals surface area contributed by atoms with E-state index in [2.05, 4.69) is 21.2 Å². The van der Waals surface area contributed by atoms with E-state index in [1.54, 1.807) is 6.92 Å². The minimum absolute atomic E-state index is 0.0906. The second-order valence-corrected chi connectivity index (χ2v) is 6.18. The normalized spacial score (nSPS) is 13.3. The van der Waals surface area contributed by atoms with Crippen LogP contribution in [0.2, 0.25) is 0 Å².